The van der Waals surface area contributed by atoms with Crippen molar-refractivity contribution in [3.8, 4) is 0 Å². The van der Waals surface area contributed by atoms with Crippen LogP contribution in [0.4, 0.5) is 0 Å². The SMILES string of the molecule is C/C=C(/C)C(=O)O[C@H]1CC(C)(C)C[C@H]2C3=CC[C@@H]4[C@@]5(C)CC[C@H](O[C@@H]6O[C@H](C(=O)O)[C@@H](O)[C@H](O[C@@H]7OC[C@H](O)[C@H](O)[C@H]7OC7OCC(O)C(O)C7O)[C@H]6O[C@@H]6O[C@H](CO)[C@H](O)[C@H](O)[C@H]6O)[C@@](C)(CO)[C@@H]5CC[C@@]4(C)[C@]3(C)C[C@@H](O)[C@@]12CO. The number of aliphatic hydroxyl groups excluding tert-OH is 13. The Morgan fingerprint density at radius 1 is 0.646 bits per heavy atom. The zero-order chi connectivity index (χ0) is 60.1. The molecule has 4 aliphatic heterocycles. The zero-order valence-corrected chi connectivity index (χ0v) is 48.0. The molecule has 25 heteroatoms. The molecule has 8 fully saturated rings. The maximum atomic E-state index is 13.4. The van der Waals surface area contributed by atoms with E-state index in [9.17, 15) is 81.1 Å². The van der Waals surface area contributed by atoms with Crippen molar-refractivity contribution in [3.05, 3.63) is 23.3 Å². The number of fused-ring (bicyclic) bond motifs is 7. The second-order valence-corrected chi connectivity index (χ2v) is 26.9. The van der Waals surface area contributed by atoms with Crippen LogP contribution in [0.2, 0.25) is 0 Å². The van der Waals surface area contributed by atoms with Crippen molar-refractivity contribution >= 4 is 11.9 Å². The molecule has 9 rings (SSSR count). The fourth-order valence-corrected chi connectivity index (χ4v) is 16.8. The molecule has 0 spiro atoms. The Bertz CT molecular complexity index is 2350. The number of allylic oxidation sites excluding steroid dienone is 3. The predicted molar refractivity (Wildman–Crippen MR) is 279 cm³/mol. The number of carboxylic acids is 1. The molecule has 9 aliphatic rings. The van der Waals surface area contributed by atoms with Crippen LogP contribution in [-0.2, 0) is 52.2 Å². The Balaban J connectivity index is 1.04. The number of aliphatic hydroxyl groups is 13. The lowest BCUT2D eigenvalue weighted by Gasteiger charge is -2.72. The molecule has 0 aromatic heterocycles. The van der Waals surface area contributed by atoms with Gasteiger partial charge in [-0.1, -0.05) is 59.3 Å². The first-order chi connectivity index (χ1) is 38.4. The third-order valence-corrected chi connectivity index (χ3v) is 21.9. The van der Waals surface area contributed by atoms with Crippen LogP contribution >= 0.6 is 0 Å². The number of ether oxygens (including phenoxy) is 9. The van der Waals surface area contributed by atoms with E-state index in [0.29, 0.717) is 50.5 Å². The van der Waals surface area contributed by atoms with Gasteiger partial charge in [-0.15, -0.1) is 0 Å². The van der Waals surface area contributed by atoms with Gasteiger partial charge in [-0.2, -0.15) is 0 Å². The van der Waals surface area contributed by atoms with Gasteiger partial charge in [0, 0.05) is 11.0 Å². The molecule has 14 N–H and O–H groups in total. The van der Waals surface area contributed by atoms with Gasteiger partial charge in [-0.3, -0.25) is 0 Å². The maximum absolute atomic E-state index is 13.4. The fourth-order valence-electron chi connectivity index (χ4n) is 16.8. The molecule has 0 amide bonds. The molecule has 5 aliphatic carbocycles. The molecule has 4 saturated carbocycles. The van der Waals surface area contributed by atoms with E-state index in [1.165, 1.54) is 0 Å². The highest BCUT2D eigenvalue weighted by molar-refractivity contribution is 5.87. The smallest absolute Gasteiger partial charge is 0.335 e. The van der Waals surface area contributed by atoms with E-state index in [2.05, 4.69) is 40.7 Å². The van der Waals surface area contributed by atoms with Crippen LogP contribution in [0, 0.1) is 50.2 Å². The first kappa shape index (κ1) is 64.1. The van der Waals surface area contributed by atoms with Gasteiger partial charge < -0.3 is 114 Å². The van der Waals surface area contributed by atoms with Gasteiger partial charge in [0.25, 0.3) is 0 Å². The summed E-state index contributed by atoms with van der Waals surface area (Å²) >= 11 is 0. The van der Waals surface area contributed by atoms with Crippen molar-refractivity contribution < 1.29 is 124 Å². The van der Waals surface area contributed by atoms with Crippen molar-refractivity contribution in [2.45, 2.75) is 236 Å². The molecule has 82 heavy (non-hydrogen) atoms. The fraction of sp³-hybridized carbons (Fsp3) is 0.895. The van der Waals surface area contributed by atoms with Gasteiger partial charge in [-0.25, -0.2) is 9.59 Å². The van der Waals surface area contributed by atoms with Gasteiger partial charge in [0.15, 0.2) is 31.3 Å². The number of hydrogen-bond acceptors (Lipinski definition) is 24. The number of esters is 1. The van der Waals surface area contributed by atoms with E-state index in [0.717, 1.165) is 5.57 Å². The molecular formula is C57H90O25. The van der Waals surface area contributed by atoms with E-state index in [1.54, 1.807) is 19.9 Å². The minimum atomic E-state index is -2.24. The predicted octanol–water partition coefficient (Wildman–Crippen LogP) is -1.76. The highest BCUT2D eigenvalue weighted by atomic mass is 16.8. The summed E-state index contributed by atoms with van der Waals surface area (Å²) in [6.45, 7) is 13.4. The summed E-state index contributed by atoms with van der Waals surface area (Å²) in [5, 5.41) is 155. The average Bonchev–Trinajstić information content (AvgIpc) is 0.800. The Morgan fingerprint density at radius 2 is 1.28 bits per heavy atom. The number of rotatable bonds is 14. The van der Waals surface area contributed by atoms with Crippen LogP contribution in [0.3, 0.4) is 0 Å². The normalized spacial score (nSPS) is 52.3. The lowest BCUT2D eigenvalue weighted by atomic mass is 9.33. The van der Waals surface area contributed by atoms with Gasteiger partial charge in [0.05, 0.1) is 50.7 Å². The highest BCUT2D eigenvalue weighted by Gasteiger charge is 2.73. The molecule has 0 radical (unpaired) electrons. The lowest BCUT2D eigenvalue weighted by Crippen LogP contribution is -2.70. The molecule has 4 heterocycles. The largest absolute Gasteiger partial charge is 0.479 e. The zero-order valence-electron chi connectivity index (χ0n) is 48.0. The lowest BCUT2D eigenvalue weighted by molar-refractivity contribution is -0.400. The minimum absolute atomic E-state index is 0.0405. The van der Waals surface area contributed by atoms with E-state index in [4.69, 9.17) is 42.6 Å². The van der Waals surface area contributed by atoms with Crippen molar-refractivity contribution in [3.63, 3.8) is 0 Å². The Labute approximate surface area is 476 Å². The maximum Gasteiger partial charge on any atom is 0.335 e. The first-order valence-electron chi connectivity index (χ1n) is 29.0. The van der Waals surface area contributed by atoms with Crippen LogP contribution in [0.25, 0.3) is 0 Å². The topological polar surface area (TPSA) is 400 Å². The molecule has 29 atom stereocenters. The van der Waals surface area contributed by atoms with E-state index in [-0.39, 0.29) is 36.2 Å². The van der Waals surface area contributed by atoms with Gasteiger partial charge in [0.1, 0.15) is 85.5 Å². The minimum Gasteiger partial charge on any atom is -0.479 e. The van der Waals surface area contributed by atoms with E-state index < -0.39 is 194 Å². The molecule has 4 unspecified atom stereocenters. The van der Waals surface area contributed by atoms with Gasteiger partial charge in [-0.05, 0) is 105 Å². The van der Waals surface area contributed by atoms with Crippen molar-refractivity contribution in [1.82, 2.24) is 0 Å². The van der Waals surface area contributed by atoms with Crippen LogP contribution in [0.5, 0.6) is 0 Å². The Hall–Kier alpha value is -2.42. The standard InChI is InChI=1S/C57H90O25/c1-9-24(2)47(73)77-34-18-52(3,4)16-26-25-10-11-31-53(5)14-13-33(54(6,22-59)30(53)12-15-55(31,7)56(25,8)17-32(63)57(26,34)23-60)78-51-45(82-49-40(69)38(67)37(66)29(19-58)76-49)42(41(70)43(80-51)46(71)72)79-50-44(36(65)28(62)21-75-50)81-48-39(68)35(64)27(61)20-74-48/h9-10,26-45,48-51,58-70H,11-23H2,1-8H3,(H,71,72)/b24-9-/t26-,27?,28-,29+,30+,31+,32+,33-,34-,35?,36-,37-,38-,39?,40+,41-,42-,43-,44+,45+,48?,49-,50-,51+,53-,54-,55+,56+,57-/m0/s1. The number of aliphatic carboxylic acids is 1. The van der Waals surface area contributed by atoms with Crippen LogP contribution in [0.15, 0.2) is 23.3 Å². The number of carbonyl (C=O) groups excluding carboxylic acids is 1. The third-order valence-electron chi connectivity index (χ3n) is 21.9. The van der Waals surface area contributed by atoms with E-state index in [1.807, 2.05) is 6.92 Å². The molecule has 0 aromatic carbocycles. The third kappa shape index (κ3) is 10.5. The summed E-state index contributed by atoms with van der Waals surface area (Å²) in [7, 11) is 0. The monoisotopic (exact) mass is 1170 g/mol. The summed E-state index contributed by atoms with van der Waals surface area (Å²) < 4.78 is 54.7. The Kier molecular flexibility index (Phi) is 18.4. The summed E-state index contributed by atoms with van der Waals surface area (Å²) in [6, 6.07) is 0. The van der Waals surface area contributed by atoms with Gasteiger partial charge in [0.2, 0.25) is 0 Å². The first-order valence-corrected chi connectivity index (χ1v) is 29.0. The molecular weight excluding hydrogens is 1080 g/mol. The molecule has 0 bridgehead atoms. The second kappa shape index (κ2) is 23.6. The summed E-state index contributed by atoms with van der Waals surface area (Å²) in [5.74, 6) is -2.87. The van der Waals surface area contributed by atoms with Crippen LogP contribution in [0.1, 0.15) is 107 Å². The van der Waals surface area contributed by atoms with Crippen molar-refractivity contribution in [1.29, 1.82) is 0 Å². The van der Waals surface area contributed by atoms with E-state index >= 15 is 0 Å². The summed E-state index contributed by atoms with van der Waals surface area (Å²) in [5.41, 5.74) is -2.63. The van der Waals surface area contributed by atoms with Gasteiger partial charge >= 0.3 is 11.9 Å². The number of carbonyl (C=O) groups is 2. The summed E-state index contributed by atoms with van der Waals surface area (Å²) in [6.07, 6.45) is -28.9. The molecule has 468 valence electrons. The van der Waals surface area contributed by atoms with Crippen molar-refractivity contribution in [2.24, 2.45) is 50.2 Å². The number of hydrogen-bond donors (Lipinski definition) is 14. The molecule has 25 nitrogen and oxygen atoms in total. The van der Waals surface area contributed by atoms with Crippen LogP contribution in [-0.4, -0.2) is 245 Å². The van der Waals surface area contributed by atoms with Crippen LogP contribution < -0.4 is 0 Å². The molecule has 0 aromatic rings. The quantitative estimate of drug-likeness (QED) is 0.0396. The number of carboxylic acid groups (broad SMARTS) is 1. The Morgan fingerprint density at radius 3 is 1.91 bits per heavy atom. The second-order valence-electron chi connectivity index (χ2n) is 26.9. The highest BCUT2D eigenvalue weighted by Crippen LogP contribution is 2.76. The van der Waals surface area contributed by atoms with Crippen molar-refractivity contribution in [2.75, 3.05) is 33.0 Å². The molecule has 4 saturated heterocycles. The summed E-state index contributed by atoms with van der Waals surface area (Å²) in [4.78, 5) is 26.6. The average molecular weight is 1180 g/mol.